The Hall–Kier alpha value is -0.170. The second kappa shape index (κ2) is 6.30. The highest BCUT2D eigenvalue weighted by atomic mass is 32.2. The molecule has 2 N–H and O–H groups in total. The minimum Gasteiger partial charge on any atom is -0.330 e. The van der Waals surface area contributed by atoms with Crippen LogP contribution in [-0.4, -0.2) is 49.8 Å². The highest BCUT2D eigenvalue weighted by Crippen LogP contribution is 2.38. The van der Waals surface area contributed by atoms with Crippen molar-refractivity contribution in [2.75, 3.05) is 32.7 Å². The Labute approximate surface area is 123 Å². The van der Waals surface area contributed by atoms with Gasteiger partial charge in [-0.25, -0.2) is 0 Å². The Kier molecular flexibility index (Phi) is 5.10. The lowest BCUT2D eigenvalue weighted by Gasteiger charge is -2.34. The largest absolute Gasteiger partial charge is 0.330 e. The maximum atomic E-state index is 12.7. The lowest BCUT2D eigenvalue weighted by molar-refractivity contribution is 0.248. The lowest BCUT2D eigenvalue weighted by atomic mass is 9.82. The molecule has 0 aliphatic carbocycles. The molecule has 5 nitrogen and oxygen atoms in total. The Bertz CT molecular complexity index is 412. The first kappa shape index (κ1) is 16.2. The van der Waals surface area contributed by atoms with Gasteiger partial charge in [0, 0.05) is 26.2 Å². The van der Waals surface area contributed by atoms with Crippen LogP contribution in [0.4, 0.5) is 0 Å². The van der Waals surface area contributed by atoms with Gasteiger partial charge in [-0.05, 0) is 50.0 Å². The van der Waals surface area contributed by atoms with Crippen LogP contribution in [0.25, 0.3) is 0 Å². The molecule has 6 heteroatoms. The van der Waals surface area contributed by atoms with Crippen LogP contribution < -0.4 is 5.73 Å². The summed E-state index contributed by atoms with van der Waals surface area (Å²) in [5.74, 6) is 0.491. The van der Waals surface area contributed by atoms with E-state index < -0.39 is 10.2 Å². The van der Waals surface area contributed by atoms with E-state index in [1.807, 2.05) is 0 Å². The van der Waals surface area contributed by atoms with Crippen LogP contribution in [0.5, 0.6) is 0 Å². The third-order valence-electron chi connectivity index (χ3n) is 5.46. The molecule has 0 atom stereocenters. The molecule has 20 heavy (non-hydrogen) atoms. The third-order valence-corrected chi connectivity index (χ3v) is 7.44. The molecule has 2 heterocycles. The second-order valence-electron chi connectivity index (χ2n) is 6.38. The summed E-state index contributed by atoms with van der Waals surface area (Å²) in [6.45, 7) is 7.66. The normalized spacial score (nSPS) is 26.1. The summed E-state index contributed by atoms with van der Waals surface area (Å²) in [4.78, 5) is 0. The van der Waals surface area contributed by atoms with Gasteiger partial charge < -0.3 is 5.73 Å². The van der Waals surface area contributed by atoms with E-state index >= 15 is 0 Å². The molecular weight excluding hydrogens is 274 g/mol. The molecule has 2 aliphatic rings. The number of nitrogens with zero attached hydrogens (tertiary/aromatic N) is 2. The molecule has 0 unspecified atom stereocenters. The average molecular weight is 303 g/mol. The molecular formula is C14H29N3O2S. The van der Waals surface area contributed by atoms with Crippen LogP contribution in [0, 0.1) is 11.3 Å². The fraction of sp³-hybridized carbons (Fsp3) is 1.00. The summed E-state index contributed by atoms with van der Waals surface area (Å²) < 4.78 is 28.8. The summed E-state index contributed by atoms with van der Waals surface area (Å²) in [5, 5.41) is 0. The molecule has 0 spiro atoms. The zero-order valence-electron chi connectivity index (χ0n) is 12.8. The molecule has 0 aromatic rings. The van der Waals surface area contributed by atoms with E-state index in [9.17, 15) is 8.42 Å². The molecule has 0 saturated carbocycles. The van der Waals surface area contributed by atoms with E-state index in [-0.39, 0.29) is 5.41 Å². The number of nitrogens with two attached hydrogens (primary N) is 1. The van der Waals surface area contributed by atoms with Gasteiger partial charge in [-0.15, -0.1) is 0 Å². The average Bonchev–Trinajstić information content (AvgIpc) is 2.93. The first-order chi connectivity index (χ1) is 9.47. The molecule has 2 saturated heterocycles. The minimum atomic E-state index is -3.26. The highest BCUT2D eigenvalue weighted by molar-refractivity contribution is 7.86. The minimum absolute atomic E-state index is 0.197. The lowest BCUT2D eigenvalue weighted by Crippen LogP contribution is -2.47. The second-order valence-corrected chi connectivity index (χ2v) is 8.31. The SMILES string of the molecule is CCC1(CC)CCN(S(=O)(=O)N2CCC(CN)CC2)C1. The van der Waals surface area contributed by atoms with Crippen molar-refractivity contribution in [2.45, 2.75) is 46.0 Å². The van der Waals surface area contributed by atoms with Gasteiger partial charge in [0.1, 0.15) is 0 Å². The summed E-state index contributed by atoms with van der Waals surface area (Å²) in [6.07, 6.45) is 4.92. The smallest absolute Gasteiger partial charge is 0.281 e. The molecule has 2 rings (SSSR count). The zero-order chi connectivity index (χ0) is 14.8. The molecule has 2 fully saturated rings. The molecule has 0 aromatic heterocycles. The predicted molar refractivity (Wildman–Crippen MR) is 81.5 cm³/mol. The summed E-state index contributed by atoms with van der Waals surface area (Å²) in [7, 11) is -3.26. The number of hydrogen-bond acceptors (Lipinski definition) is 3. The predicted octanol–water partition coefficient (Wildman–Crippen LogP) is 1.41. The number of piperidine rings is 1. The summed E-state index contributed by atoms with van der Waals surface area (Å²) in [5.41, 5.74) is 5.87. The monoisotopic (exact) mass is 303 g/mol. The maximum absolute atomic E-state index is 12.7. The van der Waals surface area contributed by atoms with E-state index in [0.717, 1.165) is 32.1 Å². The van der Waals surface area contributed by atoms with Crippen molar-refractivity contribution in [3.63, 3.8) is 0 Å². The Morgan fingerprint density at radius 3 is 2.15 bits per heavy atom. The van der Waals surface area contributed by atoms with Crippen LogP contribution in [0.15, 0.2) is 0 Å². The van der Waals surface area contributed by atoms with E-state index in [1.54, 1.807) is 8.61 Å². The van der Waals surface area contributed by atoms with Crippen LogP contribution in [-0.2, 0) is 10.2 Å². The fourth-order valence-corrected chi connectivity index (χ4v) is 5.22. The van der Waals surface area contributed by atoms with Crippen LogP contribution in [0.3, 0.4) is 0 Å². The van der Waals surface area contributed by atoms with Crippen molar-refractivity contribution in [1.29, 1.82) is 0 Å². The molecule has 0 bridgehead atoms. The standard InChI is InChI=1S/C14H29N3O2S/c1-3-14(4-2)7-10-17(12-14)20(18,19)16-8-5-13(11-15)6-9-16/h13H,3-12,15H2,1-2H3. The fourth-order valence-electron chi connectivity index (χ4n) is 3.46. The van der Waals surface area contributed by atoms with Gasteiger partial charge >= 0.3 is 0 Å². The maximum Gasteiger partial charge on any atom is 0.281 e. The van der Waals surface area contributed by atoms with E-state index in [1.165, 1.54) is 0 Å². The van der Waals surface area contributed by atoms with Gasteiger partial charge in [0.2, 0.25) is 0 Å². The molecule has 118 valence electrons. The number of hydrogen-bond donors (Lipinski definition) is 1. The Balaban J connectivity index is 2.02. The van der Waals surface area contributed by atoms with Crippen molar-refractivity contribution in [3.8, 4) is 0 Å². The van der Waals surface area contributed by atoms with Crippen LogP contribution >= 0.6 is 0 Å². The van der Waals surface area contributed by atoms with Gasteiger partial charge in [0.15, 0.2) is 0 Å². The first-order valence-electron chi connectivity index (χ1n) is 7.92. The highest BCUT2D eigenvalue weighted by Gasteiger charge is 2.42. The summed E-state index contributed by atoms with van der Waals surface area (Å²) >= 11 is 0. The van der Waals surface area contributed by atoms with Gasteiger partial charge in [0.05, 0.1) is 0 Å². The van der Waals surface area contributed by atoms with Gasteiger partial charge in [-0.2, -0.15) is 17.0 Å². The van der Waals surface area contributed by atoms with Gasteiger partial charge in [0.25, 0.3) is 10.2 Å². The third kappa shape index (κ3) is 3.03. The van der Waals surface area contributed by atoms with Gasteiger partial charge in [-0.3, -0.25) is 0 Å². The van der Waals surface area contributed by atoms with Crippen LogP contribution in [0.2, 0.25) is 0 Å². The Morgan fingerprint density at radius 1 is 1.10 bits per heavy atom. The molecule has 0 aromatic carbocycles. The van der Waals surface area contributed by atoms with Crippen molar-refractivity contribution < 1.29 is 8.42 Å². The van der Waals surface area contributed by atoms with E-state index in [2.05, 4.69) is 13.8 Å². The van der Waals surface area contributed by atoms with Crippen LogP contribution in [0.1, 0.15) is 46.0 Å². The molecule has 2 aliphatic heterocycles. The van der Waals surface area contributed by atoms with Gasteiger partial charge in [-0.1, -0.05) is 13.8 Å². The summed E-state index contributed by atoms with van der Waals surface area (Å²) in [6, 6.07) is 0. The topological polar surface area (TPSA) is 66.6 Å². The number of rotatable bonds is 5. The van der Waals surface area contributed by atoms with Crippen molar-refractivity contribution in [2.24, 2.45) is 17.1 Å². The van der Waals surface area contributed by atoms with Crippen molar-refractivity contribution >= 4 is 10.2 Å². The van der Waals surface area contributed by atoms with Crippen molar-refractivity contribution in [3.05, 3.63) is 0 Å². The van der Waals surface area contributed by atoms with E-state index in [0.29, 0.717) is 38.6 Å². The Morgan fingerprint density at radius 2 is 1.70 bits per heavy atom. The first-order valence-corrected chi connectivity index (χ1v) is 9.32. The zero-order valence-corrected chi connectivity index (χ0v) is 13.7. The molecule has 0 amide bonds. The quantitative estimate of drug-likeness (QED) is 0.835. The van der Waals surface area contributed by atoms with E-state index in [4.69, 9.17) is 5.73 Å². The molecule has 0 radical (unpaired) electrons. The van der Waals surface area contributed by atoms with Crippen molar-refractivity contribution in [1.82, 2.24) is 8.61 Å².